The van der Waals surface area contributed by atoms with Crippen molar-refractivity contribution >= 4 is 17.3 Å². The fraction of sp³-hybridized carbons (Fsp3) is 0.562. The van der Waals surface area contributed by atoms with E-state index < -0.39 is 0 Å². The third kappa shape index (κ3) is 3.09. The van der Waals surface area contributed by atoms with Crippen LogP contribution in [0.3, 0.4) is 0 Å². The number of rotatable bonds is 2. The summed E-state index contributed by atoms with van der Waals surface area (Å²) in [6.07, 6.45) is 4.51. The summed E-state index contributed by atoms with van der Waals surface area (Å²) in [4.78, 5) is 12.5. The van der Waals surface area contributed by atoms with E-state index in [1.165, 1.54) is 6.42 Å². The SMILES string of the molecule is Cc1cc(N)ccc1NC(=O)C1CCCCC1(C)C. The second-order valence-electron chi connectivity index (χ2n) is 6.35. The molecule has 0 heterocycles. The molecule has 0 aromatic heterocycles. The van der Waals surface area contributed by atoms with Crippen LogP contribution in [0.25, 0.3) is 0 Å². The maximum atomic E-state index is 12.5. The number of amides is 1. The number of aryl methyl sites for hydroxylation is 1. The molecule has 1 amide bonds. The van der Waals surface area contributed by atoms with Crippen molar-refractivity contribution < 1.29 is 4.79 Å². The number of hydrogen-bond donors (Lipinski definition) is 2. The molecule has 2 rings (SSSR count). The van der Waals surface area contributed by atoms with Gasteiger partial charge >= 0.3 is 0 Å². The molecule has 0 radical (unpaired) electrons. The van der Waals surface area contributed by atoms with Crippen LogP contribution in [0.1, 0.15) is 45.1 Å². The number of nitrogens with two attached hydrogens (primary N) is 1. The first kappa shape index (κ1) is 13.9. The van der Waals surface area contributed by atoms with E-state index in [1.807, 2.05) is 25.1 Å². The zero-order chi connectivity index (χ0) is 14.0. The molecular formula is C16H24N2O. The highest BCUT2D eigenvalue weighted by atomic mass is 16.1. The molecule has 1 unspecified atom stereocenters. The van der Waals surface area contributed by atoms with E-state index in [-0.39, 0.29) is 17.2 Å². The first-order chi connectivity index (χ1) is 8.90. The normalized spacial score (nSPS) is 21.9. The fourth-order valence-corrected chi connectivity index (χ4v) is 3.03. The molecule has 3 heteroatoms. The van der Waals surface area contributed by atoms with Crippen LogP contribution in [-0.4, -0.2) is 5.91 Å². The molecule has 1 fully saturated rings. The van der Waals surface area contributed by atoms with Crippen molar-refractivity contribution in [3.8, 4) is 0 Å². The standard InChI is InChI=1S/C16H24N2O/c1-11-10-12(17)7-8-14(11)18-15(19)13-6-4-5-9-16(13,2)3/h7-8,10,13H,4-6,9,17H2,1-3H3,(H,18,19). The summed E-state index contributed by atoms with van der Waals surface area (Å²) in [5, 5.41) is 3.07. The van der Waals surface area contributed by atoms with Crippen molar-refractivity contribution in [1.29, 1.82) is 0 Å². The van der Waals surface area contributed by atoms with Gasteiger partial charge in [0.2, 0.25) is 5.91 Å². The minimum atomic E-state index is 0.101. The highest BCUT2D eigenvalue weighted by Gasteiger charge is 2.37. The van der Waals surface area contributed by atoms with Gasteiger partial charge in [0.25, 0.3) is 0 Å². The molecule has 1 saturated carbocycles. The van der Waals surface area contributed by atoms with Crippen LogP contribution in [0, 0.1) is 18.3 Å². The summed E-state index contributed by atoms with van der Waals surface area (Å²) in [5.74, 6) is 0.260. The van der Waals surface area contributed by atoms with Crippen LogP contribution < -0.4 is 11.1 Å². The van der Waals surface area contributed by atoms with Crippen LogP contribution >= 0.6 is 0 Å². The van der Waals surface area contributed by atoms with Crippen molar-refractivity contribution in [2.75, 3.05) is 11.1 Å². The predicted molar refractivity (Wildman–Crippen MR) is 80.0 cm³/mol. The van der Waals surface area contributed by atoms with E-state index in [2.05, 4.69) is 19.2 Å². The summed E-state index contributed by atoms with van der Waals surface area (Å²) in [5.41, 5.74) is 8.45. The molecule has 1 aromatic rings. The van der Waals surface area contributed by atoms with Gasteiger partial charge in [-0.25, -0.2) is 0 Å². The van der Waals surface area contributed by atoms with Gasteiger partial charge in [-0.05, 0) is 48.9 Å². The quantitative estimate of drug-likeness (QED) is 0.796. The van der Waals surface area contributed by atoms with Crippen LogP contribution in [0.2, 0.25) is 0 Å². The molecule has 1 aliphatic carbocycles. The summed E-state index contributed by atoms with van der Waals surface area (Å²) in [7, 11) is 0. The second-order valence-corrected chi connectivity index (χ2v) is 6.35. The van der Waals surface area contributed by atoms with Gasteiger partial charge in [-0.15, -0.1) is 0 Å². The number of anilines is 2. The Hall–Kier alpha value is -1.51. The fourth-order valence-electron chi connectivity index (χ4n) is 3.03. The van der Waals surface area contributed by atoms with Gasteiger partial charge in [0.1, 0.15) is 0 Å². The lowest BCUT2D eigenvalue weighted by Crippen LogP contribution is -2.37. The molecule has 0 aliphatic heterocycles. The number of nitrogen functional groups attached to an aromatic ring is 1. The third-order valence-corrected chi connectivity index (χ3v) is 4.33. The summed E-state index contributed by atoms with van der Waals surface area (Å²) >= 11 is 0. The van der Waals surface area contributed by atoms with E-state index >= 15 is 0 Å². The zero-order valence-corrected chi connectivity index (χ0v) is 12.1. The monoisotopic (exact) mass is 260 g/mol. The van der Waals surface area contributed by atoms with Gasteiger partial charge < -0.3 is 11.1 Å². The van der Waals surface area contributed by atoms with E-state index in [1.54, 1.807) is 0 Å². The Morgan fingerprint density at radius 1 is 1.37 bits per heavy atom. The third-order valence-electron chi connectivity index (χ3n) is 4.33. The Bertz CT molecular complexity index is 480. The lowest BCUT2D eigenvalue weighted by Gasteiger charge is -2.37. The van der Waals surface area contributed by atoms with E-state index in [0.717, 1.165) is 36.2 Å². The van der Waals surface area contributed by atoms with E-state index in [0.29, 0.717) is 0 Å². The molecule has 1 atom stereocenters. The van der Waals surface area contributed by atoms with Gasteiger partial charge in [-0.3, -0.25) is 4.79 Å². The first-order valence-electron chi connectivity index (χ1n) is 7.07. The lowest BCUT2D eigenvalue weighted by atomic mass is 9.68. The van der Waals surface area contributed by atoms with Gasteiger partial charge in [-0.1, -0.05) is 26.7 Å². The Labute approximate surface area is 115 Å². The van der Waals surface area contributed by atoms with Crippen molar-refractivity contribution in [1.82, 2.24) is 0 Å². The molecule has 3 N–H and O–H groups in total. The summed E-state index contributed by atoms with van der Waals surface area (Å²) < 4.78 is 0. The first-order valence-corrected chi connectivity index (χ1v) is 7.07. The van der Waals surface area contributed by atoms with Crippen molar-refractivity contribution in [3.05, 3.63) is 23.8 Å². The molecular weight excluding hydrogens is 236 g/mol. The second kappa shape index (κ2) is 5.24. The van der Waals surface area contributed by atoms with E-state index in [4.69, 9.17) is 5.73 Å². The topological polar surface area (TPSA) is 55.1 Å². The Balaban J connectivity index is 2.12. The van der Waals surface area contributed by atoms with Crippen molar-refractivity contribution in [2.24, 2.45) is 11.3 Å². The van der Waals surface area contributed by atoms with Crippen LogP contribution in [0.5, 0.6) is 0 Å². The molecule has 104 valence electrons. The molecule has 0 bridgehead atoms. The molecule has 19 heavy (non-hydrogen) atoms. The minimum absolute atomic E-state index is 0.101. The molecule has 0 spiro atoms. The van der Waals surface area contributed by atoms with E-state index in [9.17, 15) is 4.79 Å². The maximum absolute atomic E-state index is 12.5. The minimum Gasteiger partial charge on any atom is -0.399 e. The zero-order valence-electron chi connectivity index (χ0n) is 12.1. The largest absolute Gasteiger partial charge is 0.399 e. The Kier molecular flexibility index (Phi) is 3.83. The number of nitrogens with one attached hydrogen (secondary N) is 1. The number of hydrogen-bond acceptors (Lipinski definition) is 2. The molecule has 3 nitrogen and oxygen atoms in total. The van der Waals surface area contributed by atoms with Gasteiger partial charge in [0.05, 0.1) is 0 Å². The van der Waals surface area contributed by atoms with Gasteiger partial charge in [-0.2, -0.15) is 0 Å². The maximum Gasteiger partial charge on any atom is 0.228 e. The average Bonchev–Trinajstić information content (AvgIpc) is 2.32. The highest BCUT2D eigenvalue weighted by Crippen LogP contribution is 2.41. The average molecular weight is 260 g/mol. The molecule has 0 saturated heterocycles. The van der Waals surface area contributed by atoms with Crippen molar-refractivity contribution in [3.63, 3.8) is 0 Å². The highest BCUT2D eigenvalue weighted by molar-refractivity contribution is 5.94. The van der Waals surface area contributed by atoms with Crippen LogP contribution in [-0.2, 0) is 4.79 Å². The van der Waals surface area contributed by atoms with Crippen LogP contribution in [0.15, 0.2) is 18.2 Å². The number of benzene rings is 1. The van der Waals surface area contributed by atoms with Crippen molar-refractivity contribution in [2.45, 2.75) is 46.5 Å². The smallest absolute Gasteiger partial charge is 0.228 e. The van der Waals surface area contributed by atoms with Gasteiger partial charge in [0.15, 0.2) is 0 Å². The Morgan fingerprint density at radius 3 is 2.74 bits per heavy atom. The number of carbonyl (C=O) groups excluding carboxylic acids is 1. The van der Waals surface area contributed by atoms with Gasteiger partial charge in [0, 0.05) is 17.3 Å². The molecule has 1 aromatic carbocycles. The summed E-state index contributed by atoms with van der Waals surface area (Å²) in [6.45, 7) is 6.37. The molecule has 1 aliphatic rings. The number of carbonyl (C=O) groups is 1. The predicted octanol–water partition coefficient (Wildman–Crippen LogP) is 3.73. The summed E-state index contributed by atoms with van der Waals surface area (Å²) in [6, 6.07) is 5.61. The lowest BCUT2D eigenvalue weighted by molar-refractivity contribution is -0.124. The van der Waals surface area contributed by atoms with Crippen LogP contribution in [0.4, 0.5) is 11.4 Å². The Morgan fingerprint density at radius 2 is 2.11 bits per heavy atom.